The molecule has 0 aliphatic heterocycles. The van der Waals surface area contributed by atoms with Crippen LogP contribution in [-0.4, -0.2) is 21.2 Å². The molecule has 2 heterocycles. The number of alkyl halides is 2. The van der Waals surface area contributed by atoms with Gasteiger partial charge in [-0.2, -0.15) is 0 Å². The fourth-order valence-electron chi connectivity index (χ4n) is 2.28. The second-order valence-corrected chi connectivity index (χ2v) is 6.96. The first-order chi connectivity index (χ1) is 11.6. The van der Waals surface area contributed by atoms with Crippen LogP contribution >= 0.6 is 34.5 Å². The Morgan fingerprint density at radius 2 is 1.88 bits per heavy atom. The summed E-state index contributed by atoms with van der Waals surface area (Å²) in [4.78, 5) is 22.3. The van der Waals surface area contributed by atoms with E-state index >= 15 is 0 Å². The van der Waals surface area contributed by atoms with Crippen LogP contribution in [0.15, 0.2) is 58.1 Å². The van der Waals surface area contributed by atoms with E-state index in [-0.39, 0.29) is 0 Å². The van der Waals surface area contributed by atoms with Gasteiger partial charge in [-0.1, -0.05) is 53.5 Å². The maximum atomic E-state index is 12.3. The van der Waals surface area contributed by atoms with E-state index in [1.807, 2.05) is 46.3 Å². The molecule has 122 valence electrons. The first kappa shape index (κ1) is 16.8. The Balaban J connectivity index is 1.95. The molecule has 0 bridgehead atoms. The Morgan fingerprint density at radius 1 is 1.12 bits per heavy atom. The van der Waals surface area contributed by atoms with Crippen LogP contribution in [-0.2, 0) is 11.3 Å². The molecule has 0 fully saturated rings. The third-order valence-electron chi connectivity index (χ3n) is 3.35. The van der Waals surface area contributed by atoms with E-state index in [1.165, 1.54) is 11.3 Å². The smallest absolute Gasteiger partial charge is 0.312 e. The number of hydrogen-bond acceptors (Lipinski definition) is 3. The van der Waals surface area contributed by atoms with Gasteiger partial charge in [0.05, 0.1) is 10.2 Å². The van der Waals surface area contributed by atoms with Gasteiger partial charge >= 0.3 is 5.91 Å². The predicted octanol–water partition coefficient (Wildman–Crippen LogP) is 4.67. The lowest BCUT2D eigenvalue weighted by Crippen LogP contribution is -2.09. The molecule has 0 spiro atoms. The largest absolute Gasteiger partial charge is 0.331 e. The van der Waals surface area contributed by atoms with Crippen LogP contribution in [0.2, 0.25) is 0 Å². The second kappa shape index (κ2) is 7.25. The van der Waals surface area contributed by atoms with Crippen molar-refractivity contribution in [2.24, 2.45) is 10.2 Å². The minimum Gasteiger partial charge on any atom is -0.331 e. The number of carbonyl (C=O) groups is 2. The zero-order valence-corrected chi connectivity index (χ0v) is 14.6. The van der Waals surface area contributed by atoms with Crippen molar-refractivity contribution >= 4 is 56.6 Å². The number of fused-ring (bicyclic) bond motifs is 1. The van der Waals surface area contributed by atoms with Crippen molar-refractivity contribution in [3.63, 3.8) is 0 Å². The third-order valence-corrected chi connectivity index (χ3v) is 4.58. The molecule has 24 heavy (non-hydrogen) atoms. The summed E-state index contributed by atoms with van der Waals surface area (Å²) < 4.78 is 2.81. The van der Waals surface area contributed by atoms with E-state index in [0.717, 1.165) is 15.8 Å². The molecule has 0 saturated carbocycles. The molecular weight excluding hydrogens is 369 g/mol. The van der Waals surface area contributed by atoms with Crippen molar-refractivity contribution in [3.8, 4) is 0 Å². The van der Waals surface area contributed by atoms with Gasteiger partial charge < -0.3 is 4.57 Å². The van der Waals surface area contributed by atoms with Gasteiger partial charge in [0.1, 0.15) is 5.69 Å². The number of thiophene rings is 1. The summed E-state index contributed by atoms with van der Waals surface area (Å²) in [6.45, 7) is 0.513. The molecule has 0 unspecified atom stereocenters. The number of hydrogen-bond donors (Lipinski definition) is 0. The lowest BCUT2D eigenvalue weighted by molar-refractivity contribution is -0.116. The number of halogens is 2. The maximum Gasteiger partial charge on any atom is 0.312 e. The molecule has 0 N–H and O–H groups in total. The maximum absolute atomic E-state index is 12.3. The van der Waals surface area contributed by atoms with Crippen LogP contribution in [0.3, 0.4) is 0 Å². The predicted molar refractivity (Wildman–Crippen MR) is 95.0 cm³/mol. The topological polar surface area (TPSA) is 63.8 Å². The normalized spacial score (nSPS) is 11.6. The first-order valence-corrected chi connectivity index (χ1v) is 8.70. The van der Waals surface area contributed by atoms with Crippen molar-refractivity contribution in [2.45, 2.75) is 11.4 Å². The Kier molecular flexibility index (Phi) is 5.08. The molecule has 3 aromatic rings. The van der Waals surface area contributed by atoms with E-state index in [1.54, 1.807) is 6.07 Å². The van der Waals surface area contributed by atoms with Gasteiger partial charge in [-0.3, -0.25) is 9.59 Å². The summed E-state index contributed by atoms with van der Waals surface area (Å²) in [5.41, 5.74) is 2.34. The lowest BCUT2D eigenvalue weighted by Gasteiger charge is -2.08. The molecule has 3 rings (SSSR count). The summed E-state index contributed by atoms with van der Waals surface area (Å²) >= 11 is 12.3. The van der Waals surface area contributed by atoms with Crippen molar-refractivity contribution in [2.75, 3.05) is 0 Å². The van der Waals surface area contributed by atoms with Crippen molar-refractivity contribution < 1.29 is 9.59 Å². The van der Waals surface area contributed by atoms with Crippen LogP contribution in [0.1, 0.15) is 16.1 Å². The average molecular weight is 380 g/mol. The number of azo groups is 1. The Hall–Kier alpha value is -2.02. The molecular formula is C16H11Cl2N3O2S. The fourth-order valence-corrected chi connectivity index (χ4v) is 3.19. The van der Waals surface area contributed by atoms with Crippen LogP contribution in [0.5, 0.6) is 0 Å². The Bertz CT molecular complexity index is 916. The average Bonchev–Trinajstić information content (AvgIpc) is 3.16. The van der Waals surface area contributed by atoms with Crippen LogP contribution in [0, 0.1) is 0 Å². The standard InChI is InChI=1S/C16H11Cl2N3O2S/c17-14(18)16(23)20-19-15(22)12-8-13-11(6-7-24-13)21(12)9-10-4-2-1-3-5-10/h1-8,14H,9H2. The third kappa shape index (κ3) is 3.56. The molecule has 5 nitrogen and oxygen atoms in total. The molecule has 2 aromatic heterocycles. The van der Waals surface area contributed by atoms with Gasteiger partial charge in [-0.05, 0) is 23.1 Å². The van der Waals surface area contributed by atoms with Gasteiger partial charge in [0.2, 0.25) is 0 Å². The van der Waals surface area contributed by atoms with E-state index in [2.05, 4.69) is 10.2 Å². The first-order valence-electron chi connectivity index (χ1n) is 6.95. The van der Waals surface area contributed by atoms with Gasteiger partial charge in [0, 0.05) is 6.54 Å². The summed E-state index contributed by atoms with van der Waals surface area (Å²) in [5, 5.41) is 8.66. The highest BCUT2D eigenvalue weighted by molar-refractivity contribution is 7.17. The minimum atomic E-state index is -1.33. The number of rotatable bonds is 4. The molecule has 0 radical (unpaired) electrons. The summed E-state index contributed by atoms with van der Waals surface area (Å²) in [7, 11) is 0. The zero-order valence-electron chi connectivity index (χ0n) is 12.2. The SMILES string of the molecule is O=C(N=NC(=O)C(Cl)Cl)c1cc2sccc2n1Cc1ccccc1. The zero-order chi connectivity index (χ0) is 17.1. The van der Waals surface area contributed by atoms with Gasteiger partial charge in [-0.25, -0.2) is 0 Å². The van der Waals surface area contributed by atoms with Gasteiger partial charge in [0.25, 0.3) is 5.91 Å². The van der Waals surface area contributed by atoms with E-state index < -0.39 is 16.7 Å². The number of amides is 2. The number of benzene rings is 1. The molecule has 1 aromatic carbocycles. The number of nitrogens with zero attached hydrogens (tertiary/aromatic N) is 3. The van der Waals surface area contributed by atoms with Gasteiger partial charge in [0.15, 0.2) is 4.84 Å². The van der Waals surface area contributed by atoms with Crippen LogP contribution in [0.25, 0.3) is 10.2 Å². The second-order valence-electron chi connectivity index (χ2n) is 4.92. The number of aromatic nitrogens is 1. The quantitative estimate of drug-likeness (QED) is 0.488. The van der Waals surface area contributed by atoms with Crippen LogP contribution < -0.4 is 0 Å². The van der Waals surface area contributed by atoms with Crippen molar-refractivity contribution in [3.05, 3.63) is 59.1 Å². The fraction of sp³-hybridized carbons (Fsp3) is 0.125. The Labute approximate surface area is 151 Å². The molecule has 0 aliphatic rings. The minimum absolute atomic E-state index is 0.359. The summed E-state index contributed by atoms with van der Waals surface area (Å²) in [6.07, 6.45) is 0. The molecule has 0 aliphatic carbocycles. The van der Waals surface area contributed by atoms with Crippen molar-refractivity contribution in [1.29, 1.82) is 0 Å². The molecule has 0 atom stereocenters. The van der Waals surface area contributed by atoms with E-state index in [0.29, 0.717) is 12.2 Å². The summed E-state index contributed by atoms with van der Waals surface area (Å²) in [5.74, 6) is -1.48. The molecule has 8 heteroatoms. The molecule has 0 saturated heterocycles. The lowest BCUT2D eigenvalue weighted by atomic mass is 10.2. The van der Waals surface area contributed by atoms with E-state index in [9.17, 15) is 9.59 Å². The molecule has 2 amide bonds. The Morgan fingerprint density at radius 3 is 2.58 bits per heavy atom. The van der Waals surface area contributed by atoms with Crippen molar-refractivity contribution in [1.82, 2.24) is 4.57 Å². The van der Waals surface area contributed by atoms with Crippen LogP contribution in [0.4, 0.5) is 0 Å². The van der Waals surface area contributed by atoms with Gasteiger partial charge in [-0.15, -0.1) is 21.6 Å². The monoisotopic (exact) mass is 379 g/mol. The summed E-state index contributed by atoms with van der Waals surface area (Å²) in [6, 6.07) is 13.4. The highest BCUT2D eigenvalue weighted by Crippen LogP contribution is 2.27. The number of carbonyl (C=O) groups excluding carboxylic acids is 2. The highest BCUT2D eigenvalue weighted by Gasteiger charge is 2.18. The van der Waals surface area contributed by atoms with E-state index in [4.69, 9.17) is 23.2 Å². The highest BCUT2D eigenvalue weighted by atomic mass is 35.5.